The number of benzene rings is 1. The molecule has 14 heavy (non-hydrogen) atoms. The van der Waals surface area contributed by atoms with E-state index in [1.54, 1.807) is 6.07 Å². The molecule has 0 aliphatic heterocycles. The lowest BCUT2D eigenvalue weighted by Crippen LogP contribution is -2.14. The maximum Gasteiger partial charge on any atom is 0.305 e. The van der Waals surface area contributed by atoms with Crippen molar-refractivity contribution in [3.63, 3.8) is 0 Å². The van der Waals surface area contributed by atoms with Crippen LogP contribution in [0.2, 0.25) is 0 Å². The molecule has 0 aliphatic carbocycles. The lowest BCUT2D eigenvalue weighted by molar-refractivity contribution is -0.137. The molecule has 0 saturated heterocycles. The summed E-state index contributed by atoms with van der Waals surface area (Å²) < 4.78 is 12.7. The van der Waals surface area contributed by atoms with E-state index < -0.39 is 17.8 Å². The van der Waals surface area contributed by atoms with Crippen molar-refractivity contribution in [2.24, 2.45) is 5.73 Å². The summed E-state index contributed by atoms with van der Waals surface area (Å²) in [6, 6.07) is 5.00. The summed E-state index contributed by atoms with van der Waals surface area (Å²) >= 11 is 0. The Kier molecular flexibility index (Phi) is 5.12. The number of carbonyl (C=O) groups is 1. The summed E-state index contributed by atoms with van der Waals surface area (Å²) in [5.41, 5.74) is 6.02. The van der Waals surface area contributed by atoms with Gasteiger partial charge in [0.25, 0.3) is 0 Å². The van der Waals surface area contributed by atoms with Gasteiger partial charge in [0.15, 0.2) is 0 Å². The van der Waals surface area contributed by atoms with Gasteiger partial charge in [0.1, 0.15) is 5.82 Å². The largest absolute Gasteiger partial charge is 0.481 e. The molecule has 1 unspecified atom stereocenters. The first-order chi connectivity index (χ1) is 6.09. The number of aliphatic carboxylic acids is 1. The smallest absolute Gasteiger partial charge is 0.305 e. The van der Waals surface area contributed by atoms with Crippen LogP contribution in [0.15, 0.2) is 24.3 Å². The standard InChI is InChI=1S/C9H10FNO2.ClH/c10-7-3-1-2-6(4-7)8(11)5-9(12)13;/h1-4,8H,5,11H2,(H,12,13);1H. The van der Waals surface area contributed by atoms with Crippen LogP contribution in [0.4, 0.5) is 4.39 Å². The molecule has 1 aromatic carbocycles. The molecule has 0 bridgehead atoms. The van der Waals surface area contributed by atoms with Gasteiger partial charge in [0.05, 0.1) is 6.42 Å². The Morgan fingerprint density at radius 3 is 2.71 bits per heavy atom. The Bertz CT molecular complexity index is 319. The van der Waals surface area contributed by atoms with E-state index in [1.165, 1.54) is 18.2 Å². The second-order valence-corrected chi connectivity index (χ2v) is 2.76. The number of halogens is 2. The summed E-state index contributed by atoms with van der Waals surface area (Å²) in [4.78, 5) is 10.3. The minimum Gasteiger partial charge on any atom is -0.481 e. The molecule has 0 fully saturated rings. The van der Waals surface area contributed by atoms with E-state index in [0.29, 0.717) is 5.56 Å². The van der Waals surface area contributed by atoms with Gasteiger partial charge in [-0.05, 0) is 17.7 Å². The summed E-state index contributed by atoms with van der Waals surface area (Å²) in [6.45, 7) is 0. The van der Waals surface area contributed by atoms with E-state index in [1.807, 2.05) is 0 Å². The van der Waals surface area contributed by atoms with Crippen LogP contribution >= 0.6 is 12.4 Å². The first kappa shape index (κ1) is 12.9. The molecule has 3 nitrogen and oxygen atoms in total. The number of rotatable bonds is 3. The molecule has 1 atom stereocenters. The van der Waals surface area contributed by atoms with E-state index in [4.69, 9.17) is 10.8 Å². The predicted molar refractivity (Wildman–Crippen MR) is 52.8 cm³/mol. The lowest BCUT2D eigenvalue weighted by atomic mass is 10.1. The molecule has 1 aromatic rings. The van der Waals surface area contributed by atoms with Crippen LogP contribution in [0.1, 0.15) is 18.0 Å². The van der Waals surface area contributed by atoms with Crippen LogP contribution in [0.25, 0.3) is 0 Å². The Labute approximate surface area is 87.1 Å². The zero-order chi connectivity index (χ0) is 9.84. The van der Waals surface area contributed by atoms with Crippen molar-refractivity contribution in [1.82, 2.24) is 0 Å². The maximum absolute atomic E-state index is 12.7. The normalized spacial score (nSPS) is 11.6. The first-order valence-corrected chi connectivity index (χ1v) is 3.82. The fourth-order valence-electron chi connectivity index (χ4n) is 1.04. The van der Waals surface area contributed by atoms with Crippen molar-refractivity contribution in [3.05, 3.63) is 35.6 Å². The molecule has 0 heterocycles. The fraction of sp³-hybridized carbons (Fsp3) is 0.222. The minimum atomic E-state index is -0.989. The molecule has 1 rings (SSSR count). The molecule has 0 aromatic heterocycles. The van der Waals surface area contributed by atoms with E-state index in [9.17, 15) is 9.18 Å². The van der Waals surface area contributed by atoms with Crippen molar-refractivity contribution < 1.29 is 14.3 Å². The third-order valence-corrected chi connectivity index (χ3v) is 1.67. The molecule has 5 heteroatoms. The van der Waals surface area contributed by atoms with Crippen LogP contribution in [-0.4, -0.2) is 11.1 Å². The van der Waals surface area contributed by atoms with Gasteiger partial charge in [-0.2, -0.15) is 0 Å². The minimum absolute atomic E-state index is 0. The van der Waals surface area contributed by atoms with Gasteiger partial charge in [0, 0.05) is 6.04 Å². The monoisotopic (exact) mass is 219 g/mol. The highest BCUT2D eigenvalue weighted by Gasteiger charge is 2.10. The Balaban J connectivity index is 0.00000169. The molecule has 3 N–H and O–H groups in total. The van der Waals surface area contributed by atoms with Gasteiger partial charge in [-0.3, -0.25) is 4.79 Å². The lowest BCUT2D eigenvalue weighted by Gasteiger charge is -2.08. The van der Waals surface area contributed by atoms with Gasteiger partial charge < -0.3 is 10.8 Å². The highest BCUT2D eigenvalue weighted by Crippen LogP contribution is 2.14. The Morgan fingerprint density at radius 1 is 1.57 bits per heavy atom. The number of carboxylic acid groups (broad SMARTS) is 1. The third kappa shape index (κ3) is 3.72. The topological polar surface area (TPSA) is 63.3 Å². The number of carboxylic acids is 1. The molecule has 0 amide bonds. The quantitative estimate of drug-likeness (QED) is 0.814. The third-order valence-electron chi connectivity index (χ3n) is 1.67. The Hall–Kier alpha value is -1.13. The molecule has 0 spiro atoms. The average Bonchev–Trinajstić information content (AvgIpc) is 2.03. The first-order valence-electron chi connectivity index (χ1n) is 3.82. The highest BCUT2D eigenvalue weighted by atomic mass is 35.5. The average molecular weight is 220 g/mol. The van der Waals surface area contributed by atoms with Crippen LogP contribution in [0.5, 0.6) is 0 Å². The predicted octanol–water partition coefficient (Wildman–Crippen LogP) is 1.72. The molecule has 78 valence electrons. The van der Waals surface area contributed by atoms with Gasteiger partial charge in [-0.15, -0.1) is 12.4 Å². The number of hydrogen-bond acceptors (Lipinski definition) is 2. The van der Waals surface area contributed by atoms with E-state index in [-0.39, 0.29) is 18.8 Å². The zero-order valence-corrected chi connectivity index (χ0v) is 8.13. The fourth-order valence-corrected chi connectivity index (χ4v) is 1.04. The number of nitrogens with two attached hydrogens (primary N) is 1. The maximum atomic E-state index is 12.7. The summed E-state index contributed by atoms with van der Waals surface area (Å²) in [5.74, 6) is -1.39. The van der Waals surface area contributed by atoms with Gasteiger partial charge >= 0.3 is 5.97 Å². The second-order valence-electron chi connectivity index (χ2n) is 2.76. The highest BCUT2D eigenvalue weighted by molar-refractivity contribution is 5.85. The van der Waals surface area contributed by atoms with E-state index in [0.717, 1.165) is 0 Å². The molecule has 0 radical (unpaired) electrons. The van der Waals surface area contributed by atoms with Crippen LogP contribution in [-0.2, 0) is 4.79 Å². The van der Waals surface area contributed by atoms with Gasteiger partial charge in [0.2, 0.25) is 0 Å². The number of hydrogen-bond donors (Lipinski definition) is 2. The molecule has 0 saturated carbocycles. The summed E-state index contributed by atoms with van der Waals surface area (Å²) in [6.07, 6.45) is -0.191. The van der Waals surface area contributed by atoms with E-state index >= 15 is 0 Å². The van der Waals surface area contributed by atoms with Crippen molar-refractivity contribution in [2.75, 3.05) is 0 Å². The van der Waals surface area contributed by atoms with Crippen molar-refractivity contribution in [2.45, 2.75) is 12.5 Å². The van der Waals surface area contributed by atoms with E-state index in [2.05, 4.69) is 0 Å². The van der Waals surface area contributed by atoms with Crippen molar-refractivity contribution in [3.8, 4) is 0 Å². The molecular weight excluding hydrogens is 209 g/mol. The molecular formula is C9H11ClFNO2. The van der Waals surface area contributed by atoms with Gasteiger partial charge in [-0.25, -0.2) is 4.39 Å². The summed E-state index contributed by atoms with van der Waals surface area (Å²) in [7, 11) is 0. The van der Waals surface area contributed by atoms with Crippen LogP contribution in [0, 0.1) is 5.82 Å². The van der Waals surface area contributed by atoms with Gasteiger partial charge in [-0.1, -0.05) is 12.1 Å². The van der Waals surface area contributed by atoms with Crippen molar-refractivity contribution >= 4 is 18.4 Å². The second kappa shape index (κ2) is 5.57. The SMILES string of the molecule is Cl.NC(CC(=O)O)c1cccc(F)c1. The summed E-state index contributed by atoms with van der Waals surface area (Å²) in [5, 5.41) is 8.44. The Morgan fingerprint density at radius 2 is 2.21 bits per heavy atom. The zero-order valence-electron chi connectivity index (χ0n) is 7.31. The van der Waals surface area contributed by atoms with Crippen LogP contribution < -0.4 is 5.73 Å². The molecule has 0 aliphatic rings. The van der Waals surface area contributed by atoms with Crippen LogP contribution in [0.3, 0.4) is 0 Å². The van der Waals surface area contributed by atoms with Crippen molar-refractivity contribution in [1.29, 1.82) is 0 Å².